The first-order chi connectivity index (χ1) is 22.7. The maximum Gasteiger partial charge on any atom is 0.192 e. The predicted molar refractivity (Wildman–Crippen MR) is 189 cm³/mol. The van der Waals surface area contributed by atoms with Crippen molar-refractivity contribution < 1.29 is 47.5 Å². The van der Waals surface area contributed by atoms with Crippen LogP contribution in [0.15, 0.2) is 24.3 Å². The van der Waals surface area contributed by atoms with E-state index in [2.05, 4.69) is 33.9 Å². The van der Waals surface area contributed by atoms with Gasteiger partial charge in [0.15, 0.2) is 19.9 Å². The molecule has 1 aromatic rings. The number of rotatable bonds is 13. The molecule has 0 amide bonds. The fourth-order valence-electron chi connectivity index (χ4n) is 8.21. The van der Waals surface area contributed by atoms with Crippen molar-refractivity contribution in [1.29, 1.82) is 0 Å². The number of ketones is 1. The molecule has 2 bridgehead atoms. The number of aldehydes is 1. The van der Waals surface area contributed by atoms with Crippen molar-refractivity contribution in [3.63, 3.8) is 0 Å². The molecule has 278 valence electrons. The summed E-state index contributed by atoms with van der Waals surface area (Å²) in [6.07, 6.45) is -0.0400. The number of methoxy groups -OCH3 is 2. The van der Waals surface area contributed by atoms with Gasteiger partial charge < -0.3 is 42.7 Å². The van der Waals surface area contributed by atoms with Gasteiger partial charge in [0.25, 0.3) is 0 Å². The lowest BCUT2D eigenvalue weighted by Gasteiger charge is -2.51. The van der Waals surface area contributed by atoms with Crippen LogP contribution in [0.3, 0.4) is 0 Å². The van der Waals surface area contributed by atoms with Gasteiger partial charge in [-0.05, 0) is 68.9 Å². The van der Waals surface area contributed by atoms with Crippen LogP contribution in [0.1, 0.15) is 86.6 Å². The smallest absolute Gasteiger partial charge is 0.192 e. The van der Waals surface area contributed by atoms with E-state index in [1.54, 1.807) is 7.11 Å². The maximum absolute atomic E-state index is 14.9. The number of ether oxygens (including phenoxy) is 6. The van der Waals surface area contributed by atoms with Crippen molar-refractivity contribution in [3.8, 4) is 5.75 Å². The van der Waals surface area contributed by atoms with Crippen LogP contribution in [0, 0.1) is 23.2 Å². The van der Waals surface area contributed by atoms with E-state index in [1.807, 2.05) is 58.9 Å². The Hall–Kier alpha value is -1.70. The van der Waals surface area contributed by atoms with E-state index in [9.17, 15) is 14.7 Å². The van der Waals surface area contributed by atoms with Gasteiger partial charge >= 0.3 is 0 Å². The zero-order valence-electron chi connectivity index (χ0n) is 31.9. The van der Waals surface area contributed by atoms with Gasteiger partial charge in [-0.2, -0.15) is 0 Å². The second-order valence-electron chi connectivity index (χ2n) is 17.0. The highest BCUT2D eigenvalue weighted by Gasteiger charge is 2.67. The minimum absolute atomic E-state index is 0.0166. The van der Waals surface area contributed by atoms with Gasteiger partial charge in [0.2, 0.25) is 0 Å². The third-order valence-electron chi connectivity index (χ3n) is 12.4. The molecule has 1 aliphatic heterocycles. The zero-order valence-corrected chi connectivity index (χ0v) is 32.9. The second-order valence-corrected chi connectivity index (χ2v) is 21.7. The summed E-state index contributed by atoms with van der Waals surface area (Å²) < 4.78 is 44.1. The van der Waals surface area contributed by atoms with Gasteiger partial charge in [-0.25, -0.2) is 0 Å². The van der Waals surface area contributed by atoms with E-state index in [0.29, 0.717) is 19.3 Å². The van der Waals surface area contributed by atoms with Gasteiger partial charge in [-0.15, -0.1) is 0 Å². The van der Waals surface area contributed by atoms with Crippen molar-refractivity contribution in [2.45, 2.75) is 141 Å². The van der Waals surface area contributed by atoms with Crippen LogP contribution < -0.4 is 4.74 Å². The van der Waals surface area contributed by atoms with Crippen LogP contribution in [0.5, 0.6) is 5.75 Å². The van der Waals surface area contributed by atoms with Crippen LogP contribution in [0.2, 0.25) is 18.1 Å². The summed E-state index contributed by atoms with van der Waals surface area (Å²) in [5, 5.41) is 12.9. The van der Waals surface area contributed by atoms with Gasteiger partial charge in [0.1, 0.15) is 30.5 Å². The van der Waals surface area contributed by atoms with Crippen LogP contribution in [-0.2, 0) is 44.3 Å². The number of carbonyl (C=O) groups excluding carboxylic acids is 2. The van der Waals surface area contributed by atoms with Crippen molar-refractivity contribution in [2.24, 2.45) is 23.2 Å². The normalized spacial score (nSPS) is 33.8. The van der Waals surface area contributed by atoms with E-state index < -0.39 is 60.9 Å². The summed E-state index contributed by atoms with van der Waals surface area (Å²) in [6.45, 7) is 20.8. The number of hydrogen-bond donors (Lipinski definition) is 1. The quantitative estimate of drug-likeness (QED) is 0.139. The number of benzene rings is 1. The molecule has 11 heteroatoms. The zero-order chi connectivity index (χ0) is 36.6. The molecule has 2 aliphatic carbocycles. The van der Waals surface area contributed by atoms with Gasteiger partial charge in [0, 0.05) is 36.7 Å². The average Bonchev–Trinajstić information content (AvgIpc) is 3.48. The Kier molecular flexibility index (Phi) is 12.0. The third-order valence-corrected chi connectivity index (χ3v) is 16.8. The highest BCUT2D eigenvalue weighted by Crippen LogP contribution is 2.59. The predicted octanol–water partition coefficient (Wildman–Crippen LogP) is 6.46. The summed E-state index contributed by atoms with van der Waals surface area (Å²) in [7, 11) is 0.683. The van der Waals surface area contributed by atoms with Gasteiger partial charge in [0.05, 0.1) is 38.1 Å². The molecule has 0 aromatic heterocycles. The molecule has 8 atom stereocenters. The SMILES string of the molecule is COCO[C@H]1C(=O)[C@H](C)[C@@H]([C@@]2([C@@H](CC=O)OCc3ccc(OC)cc3)COC(C)(C)O2)C[C@H](O[Si](C)(C)C(C)(C)C)C2(O)CCC1C2(C)C. The minimum atomic E-state index is -2.47. The highest BCUT2D eigenvalue weighted by molar-refractivity contribution is 6.74. The molecule has 1 aromatic carbocycles. The van der Waals surface area contributed by atoms with Crippen LogP contribution >= 0.6 is 0 Å². The standard InChI is InChI=1S/C38H62O10Si/c1-25-29(37(23-46-36(7,8)48-37)30(18-20-39)44-22-26-13-15-27(43-10)16-14-26)21-31(47-49(11,12)34(2,3)4)38(41)19-17-28(35(38,5)6)33(32(25)40)45-24-42-9/h13-16,20,25,28-31,33,41H,17-19,21-24H2,1-12H3/t25-,28?,29+,30-,31+,33-,37-,38?/m1/s1. The fraction of sp³-hybridized carbons (Fsp3) is 0.789. The molecule has 0 radical (unpaired) electrons. The lowest BCUT2D eigenvalue weighted by Crippen LogP contribution is -2.61. The van der Waals surface area contributed by atoms with Crippen LogP contribution in [-0.4, -0.2) is 88.4 Å². The van der Waals surface area contributed by atoms with Crippen molar-refractivity contribution in [1.82, 2.24) is 0 Å². The Morgan fingerprint density at radius 1 is 1.08 bits per heavy atom. The van der Waals surface area contributed by atoms with E-state index in [-0.39, 0.29) is 43.2 Å². The van der Waals surface area contributed by atoms with Gasteiger partial charge in [-0.1, -0.05) is 53.7 Å². The minimum Gasteiger partial charge on any atom is -0.497 e. The van der Waals surface area contributed by atoms with Crippen molar-refractivity contribution >= 4 is 20.4 Å². The molecular weight excluding hydrogens is 644 g/mol. The molecule has 1 N–H and O–H groups in total. The summed E-state index contributed by atoms with van der Waals surface area (Å²) in [4.78, 5) is 27.3. The van der Waals surface area contributed by atoms with Crippen LogP contribution in [0.25, 0.3) is 0 Å². The molecule has 10 nitrogen and oxygen atoms in total. The lowest BCUT2D eigenvalue weighted by atomic mass is 9.67. The maximum atomic E-state index is 14.9. The Bertz CT molecular complexity index is 1290. The monoisotopic (exact) mass is 706 g/mol. The van der Waals surface area contributed by atoms with Crippen LogP contribution in [0.4, 0.5) is 0 Å². The lowest BCUT2D eigenvalue weighted by molar-refractivity contribution is -0.224. The van der Waals surface area contributed by atoms with Crippen molar-refractivity contribution in [3.05, 3.63) is 29.8 Å². The molecule has 4 rings (SSSR count). The van der Waals surface area contributed by atoms with Gasteiger partial charge in [-0.3, -0.25) is 4.79 Å². The molecule has 1 heterocycles. The topological polar surface area (TPSA) is 119 Å². The highest BCUT2D eigenvalue weighted by atomic mass is 28.4. The Labute approximate surface area is 295 Å². The molecule has 3 fully saturated rings. The van der Waals surface area contributed by atoms with E-state index in [4.69, 9.17) is 32.8 Å². The molecular formula is C38H62O10Si. The first kappa shape index (κ1) is 40.1. The second kappa shape index (κ2) is 14.7. The number of aliphatic hydroxyl groups is 1. The number of hydrogen-bond acceptors (Lipinski definition) is 10. The Morgan fingerprint density at radius 2 is 1.73 bits per heavy atom. The summed E-state index contributed by atoms with van der Waals surface area (Å²) in [6, 6.07) is 7.56. The third kappa shape index (κ3) is 7.75. The van der Waals surface area contributed by atoms with E-state index >= 15 is 0 Å². The Balaban J connectivity index is 1.89. The summed E-state index contributed by atoms with van der Waals surface area (Å²) >= 11 is 0. The summed E-state index contributed by atoms with van der Waals surface area (Å²) in [5.41, 5.74) is -2.37. The average molecular weight is 707 g/mol. The molecule has 1 saturated heterocycles. The first-order valence-electron chi connectivity index (χ1n) is 17.8. The van der Waals surface area contributed by atoms with Crippen molar-refractivity contribution in [2.75, 3.05) is 27.6 Å². The van der Waals surface area contributed by atoms with E-state index in [1.165, 1.54) is 7.11 Å². The Morgan fingerprint density at radius 3 is 2.27 bits per heavy atom. The molecule has 2 unspecified atom stereocenters. The molecule has 2 saturated carbocycles. The molecule has 3 aliphatic rings. The first-order valence-corrected chi connectivity index (χ1v) is 20.7. The van der Waals surface area contributed by atoms with E-state index in [0.717, 1.165) is 17.6 Å². The number of fused-ring (bicyclic) bond motifs is 2. The fourth-order valence-corrected chi connectivity index (χ4v) is 9.56. The molecule has 0 spiro atoms. The molecule has 49 heavy (non-hydrogen) atoms. The largest absolute Gasteiger partial charge is 0.497 e. The number of carbonyl (C=O) groups is 2. The summed E-state index contributed by atoms with van der Waals surface area (Å²) in [5.74, 6) is -1.89. The number of Topliss-reactive ketones (excluding diaryl/α,β-unsaturated/α-hetero) is 1.